The Balaban J connectivity index is 1.69. The van der Waals surface area contributed by atoms with E-state index in [2.05, 4.69) is 9.97 Å². The maximum Gasteiger partial charge on any atom is 0.306 e. The summed E-state index contributed by atoms with van der Waals surface area (Å²) < 4.78 is 8.21. The number of ether oxygens (including phenoxy) is 1. The Morgan fingerprint density at radius 1 is 1.25 bits per heavy atom. The molecule has 0 bridgehead atoms. The number of aromatic amines is 1. The molecule has 0 aliphatic carbocycles. The van der Waals surface area contributed by atoms with Crippen LogP contribution in [0.1, 0.15) is 46.8 Å². The molecule has 36 heavy (non-hydrogen) atoms. The molecule has 4 heterocycles. The van der Waals surface area contributed by atoms with Crippen LogP contribution >= 0.6 is 0 Å². The van der Waals surface area contributed by atoms with Crippen LogP contribution in [0, 0.1) is 6.92 Å². The van der Waals surface area contributed by atoms with Gasteiger partial charge in [0.2, 0.25) is 0 Å². The number of aromatic hydroxyl groups is 1. The normalized spacial score (nSPS) is 13.6. The molecule has 1 aliphatic rings. The van der Waals surface area contributed by atoms with E-state index < -0.39 is 17.4 Å². The summed E-state index contributed by atoms with van der Waals surface area (Å²) in [5.74, 6) is -1.78. The average Bonchev–Trinajstić information content (AvgIpc) is 3.39. The minimum atomic E-state index is -0.963. The van der Waals surface area contributed by atoms with Crippen LogP contribution in [0.25, 0.3) is 10.9 Å². The lowest BCUT2D eigenvalue weighted by Gasteiger charge is -2.24. The van der Waals surface area contributed by atoms with Crippen LogP contribution in [0.2, 0.25) is 0 Å². The summed E-state index contributed by atoms with van der Waals surface area (Å²) >= 11 is 0. The fraction of sp³-hybridized carbons (Fsp3) is 0.333. The van der Waals surface area contributed by atoms with Crippen LogP contribution < -0.4 is 11.1 Å². The second-order valence-electron chi connectivity index (χ2n) is 9.22. The number of hydrogen-bond acceptors (Lipinski definition) is 6. The summed E-state index contributed by atoms with van der Waals surface area (Å²) in [4.78, 5) is 47.0. The second-order valence-corrected chi connectivity index (χ2v) is 9.22. The van der Waals surface area contributed by atoms with E-state index >= 15 is 0 Å². The van der Waals surface area contributed by atoms with Crippen molar-refractivity contribution in [3.05, 3.63) is 91.6 Å². The summed E-state index contributed by atoms with van der Waals surface area (Å²) in [5.41, 5.74) is 3.05. The maximum absolute atomic E-state index is 13.8. The molecule has 4 aromatic rings. The fourth-order valence-electron chi connectivity index (χ4n) is 5.28. The van der Waals surface area contributed by atoms with Gasteiger partial charge in [-0.2, -0.15) is 0 Å². The number of esters is 1. The van der Waals surface area contributed by atoms with Gasteiger partial charge in [-0.05, 0) is 42.8 Å². The van der Waals surface area contributed by atoms with Crippen molar-refractivity contribution in [1.29, 1.82) is 0 Å². The molecule has 2 N–H and O–H groups in total. The van der Waals surface area contributed by atoms with E-state index in [1.54, 1.807) is 34.6 Å². The standard InChI is InChI=1S/C27H28N4O5/c1-16-11-22(32)24(27(35)30(16)10-8-19-14-28-15-29-19)20(13-23(33)36-2)21-12-18-6-3-5-17-7-4-9-31(25(17)18)26(21)34/h3,5-6,11-12,14-15,20,32H,4,7-10,13H2,1-2H3,(H,28,29)/t20-/m1/s1. The molecule has 1 aliphatic heterocycles. The molecule has 1 atom stereocenters. The number of aromatic nitrogens is 4. The smallest absolute Gasteiger partial charge is 0.306 e. The zero-order chi connectivity index (χ0) is 25.4. The Labute approximate surface area is 207 Å². The van der Waals surface area contributed by atoms with E-state index in [0.29, 0.717) is 30.8 Å². The molecule has 0 amide bonds. The second kappa shape index (κ2) is 9.49. The van der Waals surface area contributed by atoms with Crippen molar-refractivity contribution in [2.45, 2.75) is 51.6 Å². The minimum Gasteiger partial charge on any atom is -0.507 e. The van der Waals surface area contributed by atoms with Crippen LogP contribution in [0.4, 0.5) is 0 Å². The predicted molar refractivity (Wildman–Crippen MR) is 134 cm³/mol. The SMILES string of the molecule is COC(=O)C[C@@H](c1c(O)cc(C)n(CCc2cnc[nH]2)c1=O)c1cc2cccc3c2n(c1=O)CCC3. The van der Waals surface area contributed by atoms with Crippen LogP contribution in [0.15, 0.2) is 52.4 Å². The van der Waals surface area contributed by atoms with Crippen molar-refractivity contribution in [3.8, 4) is 5.75 Å². The van der Waals surface area contributed by atoms with E-state index in [1.807, 2.05) is 18.2 Å². The third-order valence-corrected chi connectivity index (χ3v) is 7.06. The Morgan fingerprint density at radius 2 is 2.08 bits per heavy atom. The van der Waals surface area contributed by atoms with Crippen LogP contribution in [-0.4, -0.2) is 37.3 Å². The number of carbonyl (C=O) groups is 1. The highest BCUT2D eigenvalue weighted by Gasteiger charge is 2.30. The van der Waals surface area contributed by atoms with Gasteiger partial charge in [0.25, 0.3) is 11.1 Å². The number of imidazole rings is 1. The fourth-order valence-corrected chi connectivity index (χ4v) is 5.28. The lowest BCUT2D eigenvalue weighted by Crippen LogP contribution is -2.33. The van der Waals surface area contributed by atoms with Gasteiger partial charge in [0, 0.05) is 48.6 Å². The number of hydrogen-bond donors (Lipinski definition) is 2. The third kappa shape index (κ3) is 4.10. The first kappa shape index (κ1) is 23.6. The molecule has 3 aromatic heterocycles. The van der Waals surface area contributed by atoms with E-state index in [1.165, 1.54) is 13.2 Å². The van der Waals surface area contributed by atoms with Gasteiger partial charge in [-0.3, -0.25) is 14.4 Å². The summed E-state index contributed by atoms with van der Waals surface area (Å²) in [7, 11) is 1.26. The van der Waals surface area contributed by atoms with Crippen LogP contribution in [-0.2, 0) is 35.5 Å². The van der Waals surface area contributed by atoms with Crippen molar-refractivity contribution in [2.24, 2.45) is 0 Å². The van der Waals surface area contributed by atoms with Gasteiger partial charge in [-0.1, -0.05) is 18.2 Å². The Bertz CT molecular complexity index is 1570. The van der Waals surface area contributed by atoms with Crippen molar-refractivity contribution >= 4 is 16.9 Å². The molecule has 0 spiro atoms. The highest BCUT2D eigenvalue weighted by Crippen LogP contribution is 2.33. The number of benzene rings is 1. The molecule has 9 nitrogen and oxygen atoms in total. The molecule has 186 valence electrons. The molecule has 1 aromatic carbocycles. The number of aryl methyl sites for hydroxylation is 4. The van der Waals surface area contributed by atoms with Gasteiger partial charge in [0.15, 0.2) is 0 Å². The van der Waals surface area contributed by atoms with Gasteiger partial charge >= 0.3 is 5.97 Å². The number of H-pyrrole nitrogens is 1. The van der Waals surface area contributed by atoms with E-state index in [4.69, 9.17) is 4.74 Å². The first-order valence-electron chi connectivity index (χ1n) is 12.0. The Morgan fingerprint density at radius 3 is 2.83 bits per heavy atom. The van der Waals surface area contributed by atoms with Crippen molar-refractivity contribution in [1.82, 2.24) is 19.1 Å². The Hall–Kier alpha value is -4.14. The molecule has 0 fully saturated rings. The third-order valence-electron chi connectivity index (χ3n) is 7.06. The van der Waals surface area contributed by atoms with Crippen molar-refractivity contribution in [2.75, 3.05) is 7.11 Å². The highest BCUT2D eigenvalue weighted by atomic mass is 16.5. The van der Waals surface area contributed by atoms with E-state index in [0.717, 1.165) is 35.0 Å². The number of nitrogens with one attached hydrogen (secondary N) is 1. The number of nitrogens with zero attached hydrogens (tertiary/aromatic N) is 3. The average molecular weight is 489 g/mol. The number of methoxy groups -OCH3 is 1. The first-order valence-corrected chi connectivity index (χ1v) is 12.0. The van der Waals surface area contributed by atoms with Gasteiger partial charge in [0.05, 0.1) is 30.9 Å². The number of carbonyl (C=O) groups excluding carboxylic acids is 1. The number of rotatable bonds is 7. The van der Waals surface area contributed by atoms with Gasteiger partial charge in [0.1, 0.15) is 5.75 Å². The number of pyridine rings is 2. The quantitative estimate of drug-likeness (QED) is 0.386. The lowest BCUT2D eigenvalue weighted by atomic mass is 9.87. The molecular formula is C27H28N4O5. The highest BCUT2D eigenvalue weighted by molar-refractivity contribution is 5.84. The molecule has 0 radical (unpaired) electrons. The van der Waals surface area contributed by atoms with E-state index in [9.17, 15) is 19.5 Å². The summed E-state index contributed by atoms with van der Waals surface area (Å²) in [6, 6.07) is 9.16. The summed E-state index contributed by atoms with van der Waals surface area (Å²) in [5, 5.41) is 11.8. The van der Waals surface area contributed by atoms with Gasteiger partial charge in [-0.25, -0.2) is 4.98 Å². The zero-order valence-electron chi connectivity index (χ0n) is 20.3. The van der Waals surface area contributed by atoms with Crippen molar-refractivity contribution in [3.63, 3.8) is 0 Å². The molecule has 9 heteroatoms. The van der Waals surface area contributed by atoms with E-state index in [-0.39, 0.29) is 23.3 Å². The van der Waals surface area contributed by atoms with Crippen LogP contribution in [0.3, 0.4) is 0 Å². The molecule has 0 saturated heterocycles. The monoisotopic (exact) mass is 488 g/mol. The largest absolute Gasteiger partial charge is 0.507 e. The predicted octanol–water partition coefficient (Wildman–Crippen LogP) is 2.78. The molecule has 0 unspecified atom stereocenters. The Kier molecular flexibility index (Phi) is 6.22. The molecule has 0 saturated carbocycles. The molecule has 5 rings (SSSR count). The van der Waals surface area contributed by atoms with Gasteiger partial charge < -0.3 is 24.0 Å². The first-order chi connectivity index (χ1) is 17.4. The lowest BCUT2D eigenvalue weighted by molar-refractivity contribution is -0.140. The summed E-state index contributed by atoms with van der Waals surface area (Å²) in [6.07, 6.45) is 5.26. The zero-order valence-corrected chi connectivity index (χ0v) is 20.3. The molecular weight excluding hydrogens is 460 g/mol. The topological polar surface area (TPSA) is 119 Å². The van der Waals surface area contributed by atoms with Crippen LogP contribution in [0.5, 0.6) is 5.75 Å². The number of para-hydroxylation sites is 1. The minimum absolute atomic E-state index is 0.0202. The maximum atomic E-state index is 13.8. The van der Waals surface area contributed by atoms with Crippen molar-refractivity contribution < 1.29 is 14.6 Å². The van der Waals surface area contributed by atoms with Gasteiger partial charge in [-0.15, -0.1) is 0 Å². The summed E-state index contributed by atoms with van der Waals surface area (Å²) in [6.45, 7) is 2.64.